The molecule has 2 saturated heterocycles. The smallest absolute Gasteiger partial charge is 0.228 e. The van der Waals surface area contributed by atoms with Crippen molar-refractivity contribution in [3.05, 3.63) is 59.2 Å². The van der Waals surface area contributed by atoms with Gasteiger partial charge >= 0.3 is 0 Å². The quantitative estimate of drug-likeness (QED) is 0.806. The second-order valence-electron chi connectivity index (χ2n) is 8.22. The monoisotopic (exact) mass is 391 g/mol. The Labute approximate surface area is 172 Å². The summed E-state index contributed by atoms with van der Waals surface area (Å²) in [4.78, 5) is 31.8. The lowest BCUT2D eigenvalue weighted by molar-refractivity contribution is -0.136. The summed E-state index contributed by atoms with van der Waals surface area (Å²) in [6.45, 7) is 9.87. The number of hydrogen-bond donors (Lipinski definition) is 0. The number of hydrogen-bond acceptors (Lipinski definition) is 3. The van der Waals surface area contributed by atoms with Gasteiger partial charge in [-0.1, -0.05) is 30.3 Å². The normalized spacial score (nSPS) is 19.8. The molecule has 5 nitrogen and oxygen atoms in total. The van der Waals surface area contributed by atoms with Crippen molar-refractivity contribution in [1.82, 2.24) is 4.90 Å². The van der Waals surface area contributed by atoms with Gasteiger partial charge < -0.3 is 14.7 Å². The molecule has 5 heteroatoms. The van der Waals surface area contributed by atoms with Crippen LogP contribution >= 0.6 is 0 Å². The molecule has 2 fully saturated rings. The third-order valence-electron chi connectivity index (χ3n) is 6.39. The number of rotatable bonds is 3. The first-order valence-electron chi connectivity index (χ1n) is 10.4. The Morgan fingerprint density at radius 1 is 0.862 bits per heavy atom. The molecular formula is C24H29N3O2. The van der Waals surface area contributed by atoms with E-state index in [1.54, 1.807) is 4.90 Å². The lowest BCUT2D eigenvalue weighted by Crippen LogP contribution is -2.51. The Hall–Kier alpha value is -2.82. The molecule has 2 heterocycles. The maximum Gasteiger partial charge on any atom is 0.228 e. The van der Waals surface area contributed by atoms with Crippen molar-refractivity contribution in [2.75, 3.05) is 42.5 Å². The molecule has 1 atom stereocenters. The molecule has 2 aromatic rings. The molecule has 0 spiro atoms. The molecule has 0 aromatic heterocycles. The van der Waals surface area contributed by atoms with Crippen molar-refractivity contribution in [2.24, 2.45) is 5.92 Å². The number of amides is 2. The zero-order valence-corrected chi connectivity index (χ0v) is 17.5. The lowest BCUT2D eigenvalue weighted by atomic mass is 10.1. The highest BCUT2D eigenvalue weighted by Crippen LogP contribution is 2.29. The topological polar surface area (TPSA) is 43.9 Å². The third kappa shape index (κ3) is 3.74. The Morgan fingerprint density at radius 3 is 2.24 bits per heavy atom. The van der Waals surface area contributed by atoms with Crippen molar-refractivity contribution in [3.63, 3.8) is 0 Å². The lowest BCUT2D eigenvalue weighted by Gasteiger charge is -2.38. The van der Waals surface area contributed by atoms with E-state index in [2.05, 4.69) is 36.9 Å². The number of aryl methyl sites for hydroxylation is 2. The molecule has 2 aromatic carbocycles. The summed E-state index contributed by atoms with van der Waals surface area (Å²) in [6, 6.07) is 14.3. The minimum Gasteiger partial charge on any atom is -0.368 e. The molecule has 0 unspecified atom stereocenters. The van der Waals surface area contributed by atoms with E-state index in [4.69, 9.17) is 0 Å². The van der Waals surface area contributed by atoms with Crippen LogP contribution in [-0.4, -0.2) is 49.4 Å². The Kier molecular flexibility index (Phi) is 5.31. The first-order chi connectivity index (χ1) is 14.0. The number of para-hydroxylation sites is 1. The van der Waals surface area contributed by atoms with Crippen molar-refractivity contribution in [1.29, 1.82) is 0 Å². The van der Waals surface area contributed by atoms with Crippen molar-refractivity contribution in [3.8, 4) is 0 Å². The Morgan fingerprint density at radius 2 is 1.52 bits per heavy atom. The van der Waals surface area contributed by atoms with Crippen LogP contribution in [0, 0.1) is 26.7 Å². The van der Waals surface area contributed by atoms with Crippen LogP contribution in [0.25, 0.3) is 0 Å². The Balaban J connectivity index is 1.40. The van der Waals surface area contributed by atoms with E-state index < -0.39 is 0 Å². The molecule has 0 aliphatic carbocycles. The van der Waals surface area contributed by atoms with Gasteiger partial charge in [0.25, 0.3) is 0 Å². The molecule has 4 rings (SSSR count). The fourth-order valence-corrected chi connectivity index (χ4v) is 4.48. The summed E-state index contributed by atoms with van der Waals surface area (Å²) in [6.07, 6.45) is 0.310. The van der Waals surface area contributed by atoms with E-state index in [0.717, 1.165) is 24.3 Å². The van der Waals surface area contributed by atoms with Gasteiger partial charge in [-0.15, -0.1) is 0 Å². The van der Waals surface area contributed by atoms with Crippen LogP contribution in [0.4, 0.5) is 11.4 Å². The summed E-state index contributed by atoms with van der Waals surface area (Å²) in [7, 11) is 0. The van der Waals surface area contributed by atoms with Crippen LogP contribution in [0.15, 0.2) is 42.5 Å². The third-order valence-corrected chi connectivity index (χ3v) is 6.39. The van der Waals surface area contributed by atoms with Gasteiger partial charge in [-0.2, -0.15) is 0 Å². The fraction of sp³-hybridized carbons (Fsp3) is 0.417. The van der Waals surface area contributed by atoms with Gasteiger partial charge in [-0.25, -0.2) is 0 Å². The van der Waals surface area contributed by atoms with E-state index in [-0.39, 0.29) is 17.7 Å². The zero-order chi connectivity index (χ0) is 20.5. The van der Waals surface area contributed by atoms with E-state index in [1.165, 1.54) is 16.8 Å². The number of carbonyl (C=O) groups is 2. The minimum absolute atomic E-state index is 0.0478. The zero-order valence-electron chi connectivity index (χ0n) is 17.5. The number of benzene rings is 2. The van der Waals surface area contributed by atoms with Crippen LogP contribution in [0.3, 0.4) is 0 Å². The average Bonchev–Trinajstić information content (AvgIpc) is 3.11. The molecule has 2 aliphatic rings. The summed E-state index contributed by atoms with van der Waals surface area (Å²) in [5.41, 5.74) is 5.85. The van der Waals surface area contributed by atoms with Crippen molar-refractivity contribution < 1.29 is 9.59 Å². The molecule has 0 bridgehead atoms. The summed E-state index contributed by atoms with van der Waals surface area (Å²) >= 11 is 0. The van der Waals surface area contributed by atoms with Crippen molar-refractivity contribution >= 4 is 23.2 Å². The van der Waals surface area contributed by atoms with E-state index in [1.807, 2.05) is 36.1 Å². The summed E-state index contributed by atoms with van der Waals surface area (Å²) < 4.78 is 0. The van der Waals surface area contributed by atoms with Gasteiger partial charge in [-0.3, -0.25) is 9.59 Å². The largest absolute Gasteiger partial charge is 0.368 e. The highest BCUT2D eigenvalue weighted by Gasteiger charge is 2.38. The number of carbonyl (C=O) groups excluding carboxylic acids is 2. The van der Waals surface area contributed by atoms with Gasteiger partial charge in [0.15, 0.2) is 0 Å². The van der Waals surface area contributed by atoms with E-state index >= 15 is 0 Å². The number of piperazine rings is 1. The summed E-state index contributed by atoms with van der Waals surface area (Å²) in [5.74, 6) is -0.0731. The maximum absolute atomic E-state index is 13.1. The van der Waals surface area contributed by atoms with Crippen molar-refractivity contribution in [2.45, 2.75) is 27.2 Å². The molecule has 2 amide bonds. The van der Waals surface area contributed by atoms with Gasteiger partial charge in [0.1, 0.15) is 0 Å². The predicted octanol–water partition coefficient (Wildman–Crippen LogP) is 3.31. The van der Waals surface area contributed by atoms with Crippen LogP contribution in [-0.2, 0) is 9.59 Å². The molecule has 0 saturated carbocycles. The molecule has 0 N–H and O–H groups in total. The first kappa shape index (κ1) is 19.5. The first-order valence-corrected chi connectivity index (χ1v) is 10.4. The minimum atomic E-state index is -0.241. The predicted molar refractivity (Wildman–Crippen MR) is 116 cm³/mol. The SMILES string of the molecule is Cc1ccccc1N1C[C@H](C(=O)N2CCN(c3cccc(C)c3C)CC2)CC1=O. The average molecular weight is 392 g/mol. The van der Waals surface area contributed by atoms with Crippen LogP contribution in [0.5, 0.6) is 0 Å². The van der Waals surface area contributed by atoms with Gasteiger partial charge in [-0.05, 0) is 49.6 Å². The van der Waals surface area contributed by atoms with E-state index in [0.29, 0.717) is 26.1 Å². The number of anilines is 2. The number of nitrogens with zero attached hydrogens (tertiary/aromatic N) is 3. The van der Waals surface area contributed by atoms with Crippen LogP contribution < -0.4 is 9.80 Å². The van der Waals surface area contributed by atoms with Crippen LogP contribution in [0.1, 0.15) is 23.1 Å². The molecule has 2 aliphatic heterocycles. The molecule has 0 radical (unpaired) electrons. The van der Waals surface area contributed by atoms with E-state index in [9.17, 15) is 9.59 Å². The summed E-state index contributed by atoms with van der Waals surface area (Å²) in [5, 5.41) is 0. The van der Waals surface area contributed by atoms with Crippen LogP contribution in [0.2, 0.25) is 0 Å². The molecule has 152 valence electrons. The second kappa shape index (κ2) is 7.90. The maximum atomic E-state index is 13.1. The highest BCUT2D eigenvalue weighted by molar-refractivity contribution is 6.00. The fourth-order valence-electron chi connectivity index (χ4n) is 4.48. The molecular weight excluding hydrogens is 362 g/mol. The highest BCUT2D eigenvalue weighted by atomic mass is 16.2. The standard InChI is InChI=1S/C24H29N3O2/c1-17-8-6-10-22(19(17)3)25-11-13-26(14-12-25)24(29)20-15-23(28)27(16-20)21-9-5-4-7-18(21)2/h4-10,20H,11-16H2,1-3H3/t20-/m1/s1. The van der Waals surface area contributed by atoms with Gasteiger partial charge in [0, 0.05) is 50.5 Å². The van der Waals surface area contributed by atoms with Gasteiger partial charge in [0.2, 0.25) is 11.8 Å². The second-order valence-corrected chi connectivity index (χ2v) is 8.22. The molecule has 29 heavy (non-hydrogen) atoms. The van der Waals surface area contributed by atoms with Gasteiger partial charge in [0.05, 0.1) is 5.92 Å². The Bertz CT molecular complexity index is 931.